The highest BCUT2D eigenvalue weighted by Crippen LogP contribution is 2.18. The molecule has 1 fully saturated rings. The minimum absolute atomic E-state index is 0.0122. The number of aromatic nitrogens is 1. The van der Waals surface area contributed by atoms with Gasteiger partial charge in [0.1, 0.15) is 11.4 Å². The lowest BCUT2D eigenvalue weighted by atomic mass is 10.0. The molecule has 7 heteroatoms. The zero-order valence-corrected chi connectivity index (χ0v) is 17.6. The quantitative estimate of drug-likeness (QED) is 0.616. The number of ether oxygens (including phenoxy) is 2. The van der Waals surface area contributed by atoms with Crippen molar-refractivity contribution < 1.29 is 19.1 Å². The molecular weight excluding hydrogens is 382 g/mol. The highest BCUT2D eigenvalue weighted by Gasteiger charge is 2.17. The summed E-state index contributed by atoms with van der Waals surface area (Å²) in [5, 5.41) is 5.88. The third-order valence-electron chi connectivity index (χ3n) is 5.11. The van der Waals surface area contributed by atoms with Crippen LogP contribution in [0.3, 0.4) is 0 Å². The number of morpholine rings is 1. The Bertz CT molecular complexity index is 879. The SMILES string of the molecule is CNC(=O)c1cc(C(=O)CCCC2CNCCO2)cc(Cc2cccc(OC)c2)n1. The fraction of sp³-hybridized carbons (Fsp3) is 0.435. The van der Waals surface area contributed by atoms with E-state index in [1.54, 1.807) is 26.3 Å². The lowest BCUT2D eigenvalue weighted by molar-refractivity contribution is 0.0222. The summed E-state index contributed by atoms with van der Waals surface area (Å²) in [6.07, 6.45) is 2.66. The predicted octanol–water partition coefficient (Wildman–Crippen LogP) is 2.38. The number of carbonyl (C=O) groups is 2. The van der Waals surface area contributed by atoms with Crippen LogP contribution in [0.15, 0.2) is 36.4 Å². The van der Waals surface area contributed by atoms with Crippen molar-refractivity contribution in [2.24, 2.45) is 0 Å². The molecule has 2 heterocycles. The van der Waals surface area contributed by atoms with Crippen LogP contribution < -0.4 is 15.4 Å². The second-order valence-electron chi connectivity index (χ2n) is 7.35. The van der Waals surface area contributed by atoms with Crippen LogP contribution in [0.4, 0.5) is 0 Å². The maximum Gasteiger partial charge on any atom is 0.269 e. The molecular formula is C23H29N3O4. The Morgan fingerprint density at radius 3 is 2.90 bits per heavy atom. The summed E-state index contributed by atoms with van der Waals surface area (Å²) >= 11 is 0. The summed E-state index contributed by atoms with van der Waals surface area (Å²) in [5.74, 6) is 0.460. The summed E-state index contributed by atoms with van der Waals surface area (Å²) in [4.78, 5) is 29.5. The molecule has 1 aromatic carbocycles. The van der Waals surface area contributed by atoms with Gasteiger partial charge in [0.25, 0.3) is 5.91 Å². The third-order valence-corrected chi connectivity index (χ3v) is 5.11. The van der Waals surface area contributed by atoms with Crippen LogP contribution in [0.25, 0.3) is 0 Å². The molecule has 1 saturated heterocycles. The van der Waals surface area contributed by atoms with Gasteiger partial charge in [-0.2, -0.15) is 0 Å². The zero-order chi connectivity index (χ0) is 21.3. The number of Topliss-reactive ketones (excluding diaryl/α,β-unsaturated/α-hetero) is 1. The van der Waals surface area contributed by atoms with Crippen molar-refractivity contribution in [3.05, 3.63) is 58.9 Å². The molecule has 1 amide bonds. The Morgan fingerprint density at radius 1 is 1.30 bits per heavy atom. The fourth-order valence-corrected chi connectivity index (χ4v) is 3.51. The van der Waals surface area contributed by atoms with E-state index >= 15 is 0 Å². The lowest BCUT2D eigenvalue weighted by Crippen LogP contribution is -2.38. The van der Waals surface area contributed by atoms with Gasteiger partial charge in [-0.1, -0.05) is 12.1 Å². The summed E-state index contributed by atoms with van der Waals surface area (Å²) in [6, 6.07) is 11.0. The molecule has 1 atom stereocenters. The average molecular weight is 412 g/mol. The first-order valence-electron chi connectivity index (χ1n) is 10.3. The van der Waals surface area contributed by atoms with E-state index in [0.717, 1.165) is 37.2 Å². The molecule has 30 heavy (non-hydrogen) atoms. The minimum Gasteiger partial charge on any atom is -0.497 e. The third kappa shape index (κ3) is 6.11. The number of nitrogens with one attached hydrogen (secondary N) is 2. The zero-order valence-electron chi connectivity index (χ0n) is 17.6. The van der Waals surface area contributed by atoms with Gasteiger partial charge in [0.05, 0.1) is 19.8 Å². The number of methoxy groups -OCH3 is 1. The van der Waals surface area contributed by atoms with Gasteiger partial charge >= 0.3 is 0 Å². The molecule has 0 saturated carbocycles. The first-order valence-corrected chi connectivity index (χ1v) is 10.3. The number of amides is 1. The van der Waals surface area contributed by atoms with Gasteiger partial charge in [-0.05, 0) is 42.7 Å². The van der Waals surface area contributed by atoms with Gasteiger partial charge < -0.3 is 20.1 Å². The van der Waals surface area contributed by atoms with E-state index in [1.807, 2.05) is 24.3 Å². The molecule has 0 spiro atoms. The van der Waals surface area contributed by atoms with Crippen molar-refractivity contribution in [3.8, 4) is 5.75 Å². The Hall–Kier alpha value is -2.77. The maximum atomic E-state index is 12.8. The Balaban J connectivity index is 1.72. The van der Waals surface area contributed by atoms with Crippen molar-refractivity contribution in [1.29, 1.82) is 0 Å². The molecule has 0 aliphatic carbocycles. The number of hydrogen-bond acceptors (Lipinski definition) is 6. The first kappa shape index (κ1) is 21.9. The summed E-state index contributed by atoms with van der Waals surface area (Å²) < 4.78 is 11.0. The van der Waals surface area contributed by atoms with Crippen LogP contribution in [0, 0.1) is 0 Å². The van der Waals surface area contributed by atoms with E-state index in [9.17, 15) is 9.59 Å². The lowest BCUT2D eigenvalue weighted by Gasteiger charge is -2.23. The number of pyridine rings is 1. The molecule has 1 aliphatic heterocycles. The van der Waals surface area contributed by atoms with Gasteiger partial charge in [0.2, 0.25) is 0 Å². The van der Waals surface area contributed by atoms with Crippen LogP contribution in [-0.2, 0) is 11.2 Å². The first-order chi connectivity index (χ1) is 14.6. The molecule has 1 unspecified atom stereocenters. The molecule has 1 aliphatic rings. The number of rotatable bonds is 9. The number of ketones is 1. The van der Waals surface area contributed by atoms with E-state index in [-0.39, 0.29) is 23.5 Å². The van der Waals surface area contributed by atoms with Crippen molar-refractivity contribution in [1.82, 2.24) is 15.6 Å². The van der Waals surface area contributed by atoms with Gasteiger partial charge in [-0.25, -0.2) is 4.98 Å². The topological polar surface area (TPSA) is 89.6 Å². The van der Waals surface area contributed by atoms with E-state index < -0.39 is 0 Å². The minimum atomic E-state index is -0.307. The van der Waals surface area contributed by atoms with Crippen LogP contribution in [0.5, 0.6) is 5.75 Å². The molecule has 0 bridgehead atoms. The molecule has 2 N–H and O–H groups in total. The second kappa shape index (κ2) is 10.8. The van der Waals surface area contributed by atoms with Crippen molar-refractivity contribution in [3.63, 3.8) is 0 Å². The monoisotopic (exact) mass is 411 g/mol. The average Bonchev–Trinajstić information content (AvgIpc) is 2.79. The standard InChI is InChI=1S/C23H29N3O4/c1-24-23(28)21-14-17(22(27)8-4-7-20-15-25-9-10-30-20)13-18(26-21)11-16-5-3-6-19(12-16)29-2/h3,5-6,12-14,20,25H,4,7-11,15H2,1-2H3,(H,24,28). The van der Waals surface area contributed by atoms with Crippen LogP contribution in [-0.4, -0.2) is 56.6 Å². The predicted molar refractivity (Wildman–Crippen MR) is 114 cm³/mol. The van der Waals surface area contributed by atoms with E-state index in [2.05, 4.69) is 15.6 Å². The fourth-order valence-electron chi connectivity index (χ4n) is 3.51. The van der Waals surface area contributed by atoms with Crippen molar-refractivity contribution in [2.75, 3.05) is 33.9 Å². The van der Waals surface area contributed by atoms with Crippen molar-refractivity contribution >= 4 is 11.7 Å². The highest BCUT2D eigenvalue weighted by atomic mass is 16.5. The Morgan fingerprint density at radius 2 is 2.17 bits per heavy atom. The van der Waals surface area contributed by atoms with E-state index in [1.165, 1.54) is 0 Å². The Kier molecular flexibility index (Phi) is 7.93. The van der Waals surface area contributed by atoms with Crippen LogP contribution in [0.2, 0.25) is 0 Å². The summed E-state index contributed by atoms with van der Waals surface area (Å²) in [7, 11) is 3.17. The Labute approximate surface area is 177 Å². The number of hydrogen-bond donors (Lipinski definition) is 2. The summed E-state index contributed by atoms with van der Waals surface area (Å²) in [6.45, 7) is 2.42. The largest absolute Gasteiger partial charge is 0.497 e. The van der Waals surface area contributed by atoms with Gasteiger partial charge in [-0.15, -0.1) is 0 Å². The number of benzene rings is 1. The van der Waals surface area contributed by atoms with E-state index in [0.29, 0.717) is 30.7 Å². The number of nitrogens with zero attached hydrogens (tertiary/aromatic N) is 1. The molecule has 160 valence electrons. The highest BCUT2D eigenvalue weighted by molar-refractivity contribution is 5.99. The van der Waals surface area contributed by atoms with E-state index in [4.69, 9.17) is 9.47 Å². The smallest absolute Gasteiger partial charge is 0.269 e. The van der Waals surface area contributed by atoms with Gasteiger partial charge in [-0.3, -0.25) is 9.59 Å². The molecule has 1 aromatic heterocycles. The van der Waals surface area contributed by atoms with Gasteiger partial charge in [0.15, 0.2) is 5.78 Å². The van der Waals surface area contributed by atoms with Crippen LogP contribution >= 0.6 is 0 Å². The molecule has 2 aromatic rings. The normalized spacial score (nSPS) is 16.1. The maximum absolute atomic E-state index is 12.8. The van der Waals surface area contributed by atoms with Gasteiger partial charge in [0, 0.05) is 44.2 Å². The second-order valence-corrected chi connectivity index (χ2v) is 7.35. The molecule has 3 rings (SSSR count). The van der Waals surface area contributed by atoms with Crippen LogP contribution in [0.1, 0.15) is 51.4 Å². The number of carbonyl (C=O) groups excluding carboxylic acids is 2. The molecule has 7 nitrogen and oxygen atoms in total. The summed E-state index contributed by atoms with van der Waals surface area (Å²) in [5.41, 5.74) is 2.44. The molecule has 0 radical (unpaired) electrons. The van der Waals surface area contributed by atoms with Crippen molar-refractivity contribution in [2.45, 2.75) is 31.8 Å².